The minimum Gasteiger partial charge on any atom is -0.509 e. The molecule has 0 saturated carbocycles. The summed E-state index contributed by atoms with van der Waals surface area (Å²) in [7, 11) is 1.51. The van der Waals surface area contributed by atoms with Gasteiger partial charge < -0.3 is 19.3 Å². The molecule has 0 aliphatic carbocycles. The van der Waals surface area contributed by atoms with E-state index < -0.39 is 0 Å². The van der Waals surface area contributed by atoms with Crippen molar-refractivity contribution in [2.45, 2.75) is 13.5 Å². The number of hydrogen-bond donors (Lipinski definition) is 1. The first-order valence-corrected chi connectivity index (χ1v) is 9.05. The lowest BCUT2D eigenvalue weighted by Gasteiger charge is -2.13. The summed E-state index contributed by atoms with van der Waals surface area (Å²) in [5.74, 6) is 1.56. The highest BCUT2D eigenvalue weighted by atomic mass is 16.5. The van der Waals surface area contributed by atoms with Crippen LogP contribution in [0.15, 0.2) is 77.9 Å². The summed E-state index contributed by atoms with van der Waals surface area (Å²) in [5.41, 5.74) is 2.38. The maximum absolute atomic E-state index is 12.6. The molecule has 29 heavy (non-hydrogen) atoms. The number of hydrogen-bond acceptors (Lipinski definition) is 5. The van der Waals surface area contributed by atoms with Gasteiger partial charge in [0, 0.05) is 18.3 Å². The molecular weight excluding hydrogens is 370 g/mol. The Hall–Kier alpha value is -3.67. The Bertz CT molecular complexity index is 1050. The highest BCUT2D eigenvalue weighted by molar-refractivity contribution is 5.49. The molecule has 0 spiro atoms. The molecule has 0 amide bonds. The predicted molar refractivity (Wildman–Crippen MR) is 111 cm³/mol. The Morgan fingerprint density at radius 2 is 1.79 bits per heavy atom. The predicted octanol–water partition coefficient (Wildman–Crippen LogP) is 4.18. The van der Waals surface area contributed by atoms with Crippen LogP contribution in [0.25, 0.3) is 5.69 Å². The Labute approximate surface area is 169 Å². The number of ether oxygens (including phenoxy) is 3. The van der Waals surface area contributed by atoms with Crippen LogP contribution in [0.3, 0.4) is 0 Å². The third-order valence-electron chi connectivity index (χ3n) is 4.23. The van der Waals surface area contributed by atoms with Gasteiger partial charge in [0.2, 0.25) is 0 Å². The first-order valence-electron chi connectivity index (χ1n) is 9.05. The summed E-state index contributed by atoms with van der Waals surface area (Å²) in [4.78, 5) is 12.6. The number of pyridine rings is 1. The quantitative estimate of drug-likeness (QED) is 0.581. The standard InChI is InChI=1S/C23H23NO5/c1-16-4-7-20(8-5-16)28-15-18-10-11-24(23(26)12-18)19-6-9-21(22(13-19)27-3)29-14-17(2)25/h4-13,25H,2,14-15H2,1,3H3. The molecule has 1 aromatic heterocycles. The van der Waals surface area contributed by atoms with Gasteiger partial charge in [-0.15, -0.1) is 0 Å². The number of rotatable bonds is 8. The van der Waals surface area contributed by atoms with E-state index >= 15 is 0 Å². The average molecular weight is 393 g/mol. The van der Waals surface area contributed by atoms with Crippen LogP contribution in [-0.4, -0.2) is 23.4 Å². The third-order valence-corrected chi connectivity index (χ3v) is 4.23. The van der Waals surface area contributed by atoms with Crippen molar-refractivity contribution in [3.05, 3.63) is 94.6 Å². The molecule has 0 unspecified atom stereocenters. The van der Waals surface area contributed by atoms with Crippen molar-refractivity contribution in [2.24, 2.45) is 0 Å². The second-order valence-electron chi connectivity index (χ2n) is 6.54. The fraction of sp³-hybridized carbons (Fsp3) is 0.174. The molecule has 0 radical (unpaired) electrons. The van der Waals surface area contributed by atoms with E-state index in [1.165, 1.54) is 11.7 Å². The molecule has 1 heterocycles. The van der Waals surface area contributed by atoms with Crippen LogP contribution in [0, 0.1) is 6.92 Å². The second kappa shape index (κ2) is 9.01. The monoisotopic (exact) mass is 393 g/mol. The number of aliphatic hydroxyl groups is 1. The number of benzene rings is 2. The fourth-order valence-corrected chi connectivity index (χ4v) is 2.71. The van der Waals surface area contributed by atoms with Gasteiger partial charge in [0.1, 0.15) is 24.7 Å². The molecule has 0 bridgehead atoms. The molecule has 1 N–H and O–H groups in total. The van der Waals surface area contributed by atoms with Crippen LogP contribution in [0.2, 0.25) is 0 Å². The van der Waals surface area contributed by atoms with E-state index in [4.69, 9.17) is 14.2 Å². The molecule has 6 nitrogen and oxygen atoms in total. The molecule has 6 heteroatoms. The molecule has 0 aliphatic rings. The summed E-state index contributed by atoms with van der Waals surface area (Å²) in [6.07, 6.45) is 1.70. The Morgan fingerprint density at radius 1 is 1.03 bits per heavy atom. The van der Waals surface area contributed by atoms with Gasteiger partial charge in [-0.3, -0.25) is 9.36 Å². The van der Waals surface area contributed by atoms with Gasteiger partial charge in [-0.1, -0.05) is 24.3 Å². The Morgan fingerprint density at radius 3 is 2.45 bits per heavy atom. The lowest BCUT2D eigenvalue weighted by atomic mass is 10.2. The Balaban J connectivity index is 1.76. The second-order valence-corrected chi connectivity index (χ2v) is 6.54. The van der Waals surface area contributed by atoms with Crippen molar-refractivity contribution in [1.82, 2.24) is 4.57 Å². The van der Waals surface area contributed by atoms with E-state index in [1.54, 1.807) is 30.5 Å². The number of methoxy groups -OCH3 is 1. The van der Waals surface area contributed by atoms with Crippen LogP contribution in [-0.2, 0) is 6.61 Å². The first kappa shape index (κ1) is 20.1. The molecule has 0 atom stereocenters. The molecule has 150 valence electrons. The van der Waals surface area contributed by atoms with Crippen LogP contribution in [0.1, 0.15) is 11.1 Å². The average Bonchev–Trinajstić information content (AvgIpc) is 2.72. The normalized spacial score (nSPS) is 10.4. The highest BCUT2D eigenvalue weighted by Crippen LogP contribution is 2.29. The zero-order chi connectivity index (χ0) is 20.8. The van der Waals surface area contributed by atoms with Crippen molar-refractivity contribution in [1.29, 1.82) is 0 Å². The van der Waals surface area contributed by atoms with Gasteiger partial charge in [0.05, 0.1) is 12.8 Å². The van der Waals surface area contributed by atoms with Crippen molar-refractivity contribution in [3.63, 3.8) is 0 Å². The minimum absolute atomic E-state index is 0.0364. The molecule has 3 rings (SSSR count). The van der Waals surface area contributed by atoms with Crippen LogP contribution >= 0.6 is 0 Å². The van der Waals surface area contributed by atoms with Gasteiger partial charge >= 0.3 is 0 Å². The smallest absolute Gasteiger partial charge is 0.255 e. The maximum atomic E-state index is 12.6. The highest BCUT2D eigenvalue weighted by Gasteiger charge is 2.09. The van der Waals surface area contributed by atoms with Crippen molar-refractivity contribution >= 4 is 0 Å². The summed E-state index contributed by atoms with van der Waals surface area (Å²) in [5, 5.41) is 9.18. The molecule has 0 fully saturated rings. The minimum atomic E-state index is -0.186. The van der Waals surface area contributed by atoms with Crippen LogP contribution in [0.4, 0.5) is 0 Å². The maximum Gasteiger partial charge on any atom is 0.255 e. The van der Waals surface area contributed by atoms with E-state index in [0.29, 0.717) is 23.8 Å². The van der Waals surface area contributed by atoms with Gasteiger partial charge in [0.25, 0.3) is 5.56 Å². The first-order chi connectivity index (χ1) is 14.0. The van der Waals surface area contributed by atoms with E-state index in [2.05, 4.69) is 6.58 Å². The topological polar surface area (TPSA) is 69.9 Å². The molecule has 3 aromatic rings. The molecule has 0 aliphatic heterocycles. The summed E-state index contributed by atoms with van der Waals surface area (Å²) >= 11 is 0. The SMILES string of the molecule is C=C(O)COc1ccc(-n2ccc(COc3ccc(C)cc3)cc2=O)cc1OC. The molecule has 0 saturated heterocycles. The zero-order valence-electron chi connectivity index (χ0n) is 16.4. The molecule has 2 aromatic carbocycles. The van der Waals surface area contributed by atoms with Crippen LogP contribution in [0.5, 0.6) is 17.2 Å². The summed E-state index contributed by atoms with van der Waals surface area (Å²) in [6.45, 7) is 5.67. The van der Waals surface area contributed by atoms with Gasteiger partial charge in [0.15, 0.2) is 11.5 Å². The fourth-order valence-electron chi connectivity index (χ4n) is 2.71. The van der Waals surface area contributed by atoms with E-state index in [1.807, 2.05) is 37.3 Å². The van der Waals surface area contributed by atoms with Gasteiger partial charge in [-0.2, -0.15) is 0 Å². The number of aliphatic hydroxyl groups excluding tert-OH is 1. The van der Waals surface area contributed by atoms with Crippen molar-refractivity contribution in [2.75, 3.05) is 13.7 Å². The third kappa shape index (κ3) is 5.19. The van der Waals surface area contributed by atoms with E-state index in [9.17, 15) is 9.90 Å². The largest absolute Gasteiger partial charge is 0.509 e. The van der Waals surface area contributed by atoms with Gasteiger partial charge in [-0.05, 0) is 42.8 Å². The number of aryl methyl sites for hydroxylation is 1. The van der Waals surface area contributed by atoms with Crippen LogP contribution < -0.4 is 19.8 Å². The number of aromatic nitrogens is 1. The molecular formula is C23H23NO5. The van der Waals surface area contributed by atoms with Crippen molar-refractivity contribution < 1.29 is 19.3 Å². The van der Waals surface area contributed by atoms with E-state index in [-0.39, 0.29) is 17.9 Å². The van der Waals surface area contributed by atoms with Crippen molar-refractivity contribution in [3.8, 4) is 22.9 Å². The Kier molecular flexibility index (Phi) is 6.24. The van der Waals surface area contributed by atoms with E-state index in [0.717, 1.165) is 16.9 Å². The zero-order valence-corrected chi connectivity index (χ0v) is 16.4. The summed E-state index contributed by atoms with van der Waals surface area (Å²) < 4.78 is 18.0. The lowest BCUT2D eigenvalue weighted by Crippen LogP contribution is -2.18. The van der Waals surface area contributed by atoms with Gasteiger partial charge in [-0.25, -0.2) is 0 Å². The lowest BCUT2D eigenvalue weighted by molar-refractivity contribution is 0.261. The summed E-state index contributed by atoms with van der Waals surface area (Å²) in [6, 6.07) is 16.2. The number of nitrogens with zero attached hydrogens (tertiary/aromatic N) is 1.